The molecule has 0 saturated heterocycles. The molecule has 0 radical (unpaired) electrons. The topological polar surface area (TPSA) is 106 Å². The second-order valence-corrected chi connectivity index (χ2v) is 4.82. The number of amides is 1. The Labute approximate surface area is 133 Å². The maximum absolute atomic E-state index is 10.8. The fourth-order valence-electron chi connectivity index (χ4n) is 2.06. The van der Waals surface area contributed by atoms with Crippen molar-refractivity contribution in [3.05, 3.63) is 77.9 Å². The number of carbonyl (C=O) groups is 2. The van der Waals surface area contributed by atoms with E-state index in [-0.39, 0.29) is 0 Å². The van der Waals surface area contributed by atoms with Crippen LogP contribution in [0.4, 0.5) is 5.69 Å². The van der Waals surface area contributed by atoms with Crippen LogP contribution >= 0.6 is 0 Å². The Morgan fingerprint density at radius 1 is 0.826 bits per heavy atom. The number of primary amides is 1. The van der Waals surface area contributed by atoms with Crippen molar-refractivity contribution in [1.29, 1.82) is 0 Å². The number of nitrogen functional groups attached to an aromatic ring is 1. The van der Waals surface area contributed by atoms with E-state index in [1.54, 1.807) is 36.4 Å². The lowest BCUT2D eigenvalue weighted by atomic mass is 10.1. The fourth-order valence-corrected chi connectivity index (χ4v) is 2.06. The highest BCUT2D eigenvalue weighted by atomic mass is 16.4. The summed E-state index contributed by atoms with van der Waals surface area (Å²) in [6, 6.07) is 19.2. The number of carbonyl (C=O) groups excluding carboxylic acids is 1. The van der Waals surface area contributed by atoms with Crippen LogP contribution < -0.4 is 11.5 Å². The molecule has 0 aromatic heterocycles. The number of nitrogens with two attached hydrogens (primary N) is 2. The van der Waals surface area contributed by atoms with Gasteiger partial charge in [0.05, 0.1) is 5.56 Å². The molecule has 0 aliphatic carbocycles. The lowest BCUT2D eigenvalue weighted by Gasteiger charge is -2.00. The summed E-state index contributed by atoms with van der Waals surface area (Å²) >= 11 is 0. The minimum Gasteiger partial charge on any atom is -0.478 e. The van der Waals surface area contributed by atoms with Gasteiger partial charge in [0, 0.05) is 11.3 Å². The monoisotopic (exact) mass is 308 g/mol. The number of hydrogen-bond donors (Lipinski definition) is 3. The van der Waals surface area contributed by atoms with Gasteiger partial charge in [-0.15, -0.1) is 0 Å². The Bertz CT molecular complexity index is 837. The third kappa shape index (κ3) is 4.07. The standard InChI is InChI=1S/C11H8O2.C7H8N2O/c12-11(13)10-7-3-5-8-4-1-2-6-9(8)10;8-6-3-1-5(2-4-6)7(9)10/h1-7H,(H,12,13);1-4H,8H2,(H2,9,10). The van der Waals surface area contributed by atoms with E-state index in [1.807, 2.05) is 30.3 Å². The van der Waals surface area contributed by atoms with Crippen LogP contribution in [-0.2, 0) is 0 Å². The molecule has 3 rings (SSSR count). The van der Waals surface area contributed by atoms with Crippen LogP contribution in [0.3, 0.4) is 0 Å². The van der Waals surface area contributed by atoms with Crippen LogP contribution in [0, 0.1) is 0 Å². The second-order valence-electron chi connectivity index (χ2n) is 4.82. The minimum atomic E-state index is -0.878. The molecule has 5 heteroatoms. The molecule has 3 aromatic carbocycles. The molecular formula is C18H16N2O3. The lowest BCUT2D eigenvalue weighted by molar-refractivity contribution is 0.0698. The molecule has 0 spiro atoms. The van der Waals surface area contributed by atoms with Gasteiger partial charge in [-0.3, -0.25) is 4.79 Å². The van der Waals surface area contributed by atoms with Crippen molar-refractivity contribution in [2.24, 2.45) is 5.73 Å². The van der Waals surface area contributed by atoms with Crippen molar-refractivity contribution in [2.75, 3.05) is 5.73 Å². The summed E-state index contributed by atoms with van der Waals surface area (Å²) < 4.78 is 0. The number of benzene rings is 3. The quantitative estimate of drug-likeness (QED) is 0.633. The zero-order chi connectivity index (χ0) is 16.8. The Morgan fingerprint density at radius 2 is 1.43 bits per heavy atom. The molecule has 0 fully saturated rings. The van der Waals surface area contributed by atoms with E-state index in [9.17, 15) is 9.59 Å². The van der Waals surface area contributed by atoms with Crippen LogP contribution in [0.15, 0.2) is 66.7 Å². The first-order valence-electron chi connectivity index (χ1n) is 6.85. The fraction of sp³-hybridized carbons (Fsp3) is 0. The van der Waals surface area contributed by atoms with Gasteiger partial charge in [-0.1, -0.05) is 36.4 Å². The molecule has 1 amide bonds. The molecule has 5 N–H and O–H groups in total. The Kier molecular flexibility index (Phi) is 4.94. The number of carboxylic acid groups (broad SMARTS) is 1. The van der Waals surface area contributed by atoms with Gasteiger partial charge in [0.15, 0.2) is 0 Å². The summed E-state index contributed by atoms with van der Waals surface area (Å²) in [7, 11) is 0. The smallest absolute Gasteiger partial charge is 0.336 e. The minimum absolute atomic E-state index is 0.359. The highest BCUT2D eigenvalue weighted by Gasteiger charge is 2.05. The zero-order valence-electron chi connectivity index (χ0n) is 12.3. The van der Waals surface area contributed by atoms with Crippen LogP contribution in [0.25, 0.3) is 10.8 Å². The molecule has 0 aliphatic rings. The van der Waals surface area contributed by atoms with Crippen molar-refractivity contribution in [2.45, 2.75) is 0 Å². The first kappa shape index (κ1) is 16.0. The van der Waals surface area contributed by atoms with Crippen LogP contribution in [0.1, 0.15) is 20.7 Å². The summed E-state index contributed by atoms with van der Waals surface area (Å²) in [5.74, 6) is -1.31. The molecule has 0 unspecified atom stereocenters. The number of aromatic carboxylic acids is 1. The van der Waals surface area contributed by atoms with Gasteiger partial charge in [0.2, 0.25) is 5.91 Å². The van der Waals surface area contributed by atoms with Crippen molar-refractivity contribution < 1.29 is 14.7 Å². The summed E-state index contributed by atoms with van der Waals surface area (Å²) in [6.45, 7) is 0. The Balaban J connectivity index is 0.000000174. The molecule has 0 heterocycles. The molecule has 3 aromatic rings. The molecule has 0 atom stereocenters. The van der Waals surface area contributed by atoms with Gasteiger partial charge in [-0.2, -0.15) is 0 Å². The van der Waals surface area contributed by atoms with Crippen LogP contribution in [0.2, 0.25) is 0 Å². The molecule has 0 bridgehead atoms. The average molecular weight is 308 g/mol. The van der Waals surface area contributed by atoms with E-state index >= 15 is 0 Å². The second kappa shape index (κ2) is 7.09. The Morgan fingerprint density at radius 3 is 2.04 bits per heavy atom. The van der Waals surface area contributed by atoms with Crippen molar-refractivity contribution in [3.8, 4) is 0 Å². The van der Waals surface area contributed by atoms with Gasteiger partial charge in [-0.05, 0) is 41.1 Å². The van der Waals surface area contributed by atoms with E-state index < -0.39 is 11.9 Å². The van der Waals surface area contributed by atoms with Gasteiger partial charge < -0.3 is 16.6 Å². The van der Waals surface area contributed by atoms with E-state index in [0.717, 1.165) is 10.8 Å². The van der Waals surface area contributed by atoms with E-state index in [1.165, 1.54) is 0 Å². The highest BCUT2D eigenvalue weighted by molar-refractivity contribution is 6.03. The van der Waals surface area contributed by atoms with Crippen molar-refractivity contribution in [3.63, 3.8) is 0 Å². The van der Waals surface area contributed by atoms with Gasteiger partial charge in [0.25, 0.3) is 0 Å². The lowest BCUT2D eigenvalue weighted by Crippen LogP contribution is -2.10. The third-order valence-electron chi connectivity index (χ3n) is 3.22. The number of anilines is 1. The number of hydrogen-bond acceptors (Lipinski definition) is 3. The first-order valence-corrected chi connectivity index (χ1v) is 6.85. The predicted octanol–water partition coefficient (Wildman–Crippen LogP) is 2.91. The SMILES string of the molecule is NC(=O)c1ccc(N)cc1.O=C(O)c1cccc2ccccc12. The highest BCUT2D eigenvalue weighted by Crippen LogP contribution is 2.17. The van der Waals surface area contributed by atoms with Gasteiger partial charge in [0.1, 0.15) is 0 Å². The molecule has 116 valence electrons. The zero-order valence-corrected chi connectivity index (χ0v) is 12.3. The van der Waals surface area contributed by atoms with Gasteiger partial charge >= 0.3 is 5.97 Å². The maximum Gasteiger partial charge on any atom is 0.336 e. The average Bonchev–Trinajstić information content (AvgIpc) is 2.55. The molecule has 23 heavy (non-hydrogen) atoms. The maximum atomic E-state index is 10.8. The predicted molar refractivity (Wildman–Crippen MR) is 90.3 cm³/mol. The van der Waals surface area contributed by atoms with Crippen LogP contribution in [-0.4, -0.2) is 17.0 Å². The summed E-state index contributed by atoms with van der Waals surface area (Å²) in [5, 5.41) is 10.6. The summed E-state index contributed by atoms with van der Waals surface area (Å²) in [4.78, 5) is 21.3. The Hall–Kier alpha value is -3.34. The van der Waals surface area contributed by atoms with E-state index in [0.29, 0.717) is 16.8 Å². The first-order chi connectivity index (χ1) is 11.0. The van der Waals surface area contributed by atoms with Crippen LogP contribution in [0.5, 0.6) is 0 Å². The van der Waals surface area contributed by atoms with E-state index in [2.05, 4.69) is 0 Å². The van der Waals surface area contributed by atoms with Gasteiger partial charge in [-0.25, -0.2) is 4.79 Å². The molecule has 0 saturated carbocycles. The number of fused-ring (bicyclic) bond motifs is 1. The normalized spacial score (nSPS) is 9.74. The van der Waals surface area contributed by atoms with Crippen molar-refractivity contribution >= 4 is 28.3 Å². The molecule has 5 nitrogen and oxygen atoms in total. The van der Waals surface area contributed by atoms with E-state index in [4.69, 9.17) is 16.6 Å². The van der Waals surface area contributed by atoms with Crippen molar-refractivity contribution in [1.82, 2.24) is 0 Å². The largest absolute Gasteiger partial charge is 0.478 e. The summed E-state index contributed by atoms with van der Waals surface area (Å²) in [5.41, 5.74) is 11.8. The molecular weight excluding hydrogens is 292 g/mol. The third-order valence-corrected chi connectivity index (χ3v) is 3.22. The molecule has 0 aliphatic heterocycles. The number of rotatable bonds is 2. The number of carboxylic acids is 1. The summed E-state index contributed by atoms with van der Waals surface area (Å²) in [6.07, 6.45) is 0.